The molecule has 20 heavy (non-hydrogen) atoms. The number of aromatic carboxylic acids is 1. The van der Waals surface area contributed by atoms with Gasteiger partial charge in [-0.05, 0) is 34.8 Å². The Morgan fingerprint density at radius 2 is 2.30 bits per heavy atom. The van der Waals surface area contributed by atoms with Gasteiger partial charge in [0.1, 0.15) is 9.77 Å². The third-order valence-corrected chi connectivity index (χ3v) is 7.26. The number of hydrogen-bond donors (Lipinski definition) is 1. The molecule has 0 saturated carbocycles. The number of hydrogen-bond acceptors (Lipinski definition) is 5. The zero-order valence-corrected chi connectivity index (χ0v) is 13.9. The Kier molecular flexibility index (Phi) is 4.85. The molecule has 0 bridgehead atoms. The molecule has 1 N–H and O–H groups in total. The Morgan fingerprint density at radius 3 is 2.85 bits per heavy atom. The first-order valence-corrected chi connectivity index (χ1v) is 8.96. The van der Waals surface area contributed by atoms with Crippen molar-refractivity contribution >= 4 is 43.3 Å². The third kappa shape index (κ3) is 3.06. The van der Waals surface area contributed by atoms with Crippen molar-refractivity contribution in [3.8, 4) is 0 Å². The average Bonchev–Trinajstić information content (AvgIpc) is 2.82. The molecule has 1 aliphatic rings. The Morgan fingerprint density at radius 1 is 1.60 bits per heavy atom. The van der Waals surface area contributed by atoms with Crippen LogP contribution in [-0.4, -0.2) is 50.1 Å². The second-order valence-corrected chi connectivity index (χ2v) is 8.69. The Labute approximate surface area is 129 Å². The molecule has 0 aliphatic carbocycles. The quantitative estimate of drug-likeness (QED) is 0.859. The number of sulfonamides is 1. The largest absolute Gasteiger partial charge is 0.477 e. The van der Waals surface area contributed by atoms with Crippen LogP contribution < -0.4 is 0 Å². The van der Waals surface area contributed by atoms with Crippen molar-refractivity contribution in [2.75, 3.05) is 20.2 Å². The van der Waals surface area contributed by atoms with Crippen molar-refractivity contribution in [1.29, 1.82) is 0 Å². The molecule has 6 nitrogen and oxygen atoms in total. The fourth-order valence-electron chi connectivity index (χ4n) is 2.09. The minimum Gasteiger partial charge on any atom is -0.477 e. The fraction of sp³-hybridized carbons (Fsp3) is 0.545. The summed E-state index contributed by atoms with van der Waals surface area (Å²) in [5, 5.41) is 8.94. The summed E-state index contributed by atoms with van der Waals surface area (Å²) < 4.78 is 32.0. The molecule has 9 heteroatoms. The van der Waals surface area contributed by atoms with Crippen LogP contribution in [0.4, 0.5) is 0 Å². The number of carboxylic acids is 1. The summed E-state index contributed by atoms with van der Waals surface area (Å²) in [4.78, 5) is 10.9. The van der Waals surface area contributed by atoms with Crippen molar-refractivity contribution in [2.45, 2.75) is 23.8 Å². The summed E-state index contributed by atoms with van der Waals surface area (Å²) in [5.74, 6) is -1.13. The lowest BCUT2D eigenvalue weighted by atomic mass is 10.1. The Hall–Kier alpha value is -0.480. The highest BCUT2D eigenvalue weighted by atomic mass is 79.9. The van der Waals surface area contributed by atoms with Crippen LogP contribution >= 0.6 is 27.3 Å². The van der Waals surface area contributed by atoms with E-state index >= 15 is 0 Å². The van der Waals surface area contributed by atoms with Gasteiger partial charge in [0.2, 0.25) is 10.0 Å². The van der Waals surface area contributed by atoms with Gasteiger partial charge in [-0.1, -0.05) is 0 Å². The van der Waals surface area contributed by atoms with Crippen LogP contribution in [0.3, 0.4) is 0 Å². The summed E-state index contributed by atoms with van der Waals surface area (Å²) in [6, 6.07) is 1.20. The van der Waals surface area contributed by atoms with E-state index in [1.54, 1.807) is 7.11 Å². The minimum atomic E-state index is -3.69. The molecule has 1 fully saturated rings. The van der Waals surface area contributed by atoms with Crippen molar-refractivity contribution in [2.24, 2.45) is 0 Å². The molecule has 1 aromatic rings. The lowest BCUT2D eigenvalue weighted by molar-refractivity contribution is 0.0571. The van der Waals surface area contributed by atoms with E-state index in [-0.39, 0.29) is 15.9 Å². The zero-order chi connectivity index (χ0) is 14.9. The van der Waals surface area contributed by atoms with E-state index < -0.39 is 16.0 Å². The zero-order valence-electron chi connectivity index (χ0n) is 10.7. The van der Waals surface area contributed by atoms with Crippen LogP contribution in [0.25, 0.3) is 0 Å². The van der Waals surface area contributed by atoms with Gasteiger partial charge in [0.15, 0.2) is 0 Å². The van der Waals surface area contributed by atoms with E-state index in [1.807, 2.05) is 0 Å². The maximum Gasteiger partial charge on any atom is 0.345 e. The van der Waals surface area contributed by atoms with Crippen molar-refractivity contribution in [3.63, 3.8) is 0 Å². The van der Waals surface area contributed by atoms with E-state index in [9.17, 15) is 13.2 Å². The molecule has 0 aromatic carbocycles. The van der Waals surface area contributed by atoms with Crippen molar-refractivity contribution in [3.05, 3.63) is 14.7 Å². The van der Waals surface area contributed by atoms with Gasteiger partial charge >= 0.3 is 5.97 Å². The summed E-state index contributed by atoms with van der Waals surface area (Å²) in [6.45, 7) is 0.719. The first kappa shape index (κ1) is 15.9. The summed E-state index contributed by atoms with van der Waals surface area (Å²) in [5.41, 5.74) is 0. The first-order chi connectivity index (χ1) is 9.36. The summed E-state index contributed by atoms with van der Waals surface area (Å²) in [6.07, 6.45) is 1.44. The van der Waals surface area contributed by atoms with Crippen molar-refractivity contribution < 1.29 is 23.1 Å². The van der Waals surface area contributed by atoms with Gasteiger partial charge in [0, 0.05) is 20.2 Å². The topological polar surface area (TPSA) is 83.9 Å². The molecule has 0 spiro atoms. The number of carboxylic acid groups (broad SMARTS) is 1. The number of carbonyl (C=O) groups is 1. The molecule has 1 unspecified atom stereocenters. The number of thiophene rings is 1. The smallest absolute Gasteiger partial charge is 0.345 e. The van der Waals surface area contributed by atoms with E-state index in [0.717, 1.165) is 24.2 Å². The van der Waals surface area contributed by atoms with Crippen LogP contribution in [0.1, 0.15) is 22.5 Å². The first-order valence-electron chi connectivity index (χ1n) is 5.92. The van der Waals surface area contributed by atoms with E-state index in [4.69, 9.17) is 9.84 Å². The van der Waals surface area contributed by atoms with Crippen LogP contribution in [0.2, 0.25) is 0 Å². The molecular formula is C11H14BrNO5S2. The van der Waals surface area contributed by atoms with Gasteiger partial charge in [-0.2, -0.15) is 4.31 Å². The monoisotopic (exact) mass is 383 g/mol. The lowest BCUT2D eigenvalue weighted by Crippen LogP contribution is -2.42. The molecule has 0 radical (unpaired) electrons. The molecule has 1 aromatic heterocycles. The average molecular weight is 384 g/mol. The molecule has 1 saturated heterocycles. The van der Waals surface area contributed by atoms with Gasteiger partial charge in [0.05, 0.1) is 9.89 Å². The molecule has 2 rings (SSSR count). The maximum atomic E-state index is 12.6. The number of piperidine rings is 1. The molecule has 0 amide bonds. The van der Waals surface area contributed by atoms with E-state index in [0.29, 0.717) is 16.9 Å². The Bertz CT molecular complexity index is 612. The standard InChI is InChI=1S/C11H14BrNO5S2/c1-18-7-3-2-4-13(6-7)20(16,17)9-5-8(11(14)15)19-10(9)12/h5,7H,2-4,6H2,1H3,(H,14,15). The van der Waals surface area contributed by atoms with Crippen LogP contribution in [-0.2, 0) is 14.8 Å². The number of nitrogens with zero attached hydrogens (tertiary/aromatic N) is 1. The number of halogens is 1. The van der Waals surface area contributed by atoms with E-state index in [1.165, 1.54) is 10.4 Å². The highest BCUT2D eigenvalue weighted by Crippen LogP contribution is 2.34. The van der Waals surface area contributed by atoms with Gasteiger partial charge in [-0.15, -0.1) is 11.3 Å². The molecule has 112 valence electrons. The number of ether oxygens (including phenoxy) is 1. The summed E-state index contributed by atoms with van der Waals surface area (Å²) in [7, 11) is -2.14. The number of rotatable bonds is 4. The van der Waals surface area contributed by atoms with Gasteiger partial charge in [0.25, 0.3) is 0 Å². The molecule has 2 heterocycles. The Balaban J connectivity index is 2.32. The molecular weight excluding hydrogens is 370 g/mol. The SMILES string of the molecule is COC1CCCN(S(=O)(=O)c2cc(C(=O)O)sc2Br)C1. The molecule has 1 aliphatic heterocycles. The second kappa shape index (κ2) is 6.10. The van der Waals surface area contributed by atoms with Crippen LogP contribution in [0.15, 0.2) is 14.7 Å². The van der Waals surface area contributed by atoms with Gasteiger partial charge in [-0.25, -0.2) is 13.2 Å². The summed E-state index contributed by atoms with van der Waals surface area (Å²) >= 11 is 4.04. The van der Waals surface area contributed by atoms with Gasteiger partial charge < -0.3 is 9.84 Å². The van der Waals surface area contributed by atoms with Crippen LogP contribution in [0, 0.1) is 0 Å². The fourth-order valence-corrected chi connectivity index (χ4v) is 5.95. The van der Waals surface area contributed by atoms with E-state index in [2.05, 4.69) is 15.9 Å². The highest BCUT2D eigenvalue weighted by Gasteiger charge is 2.33. The van der Waals surface area contributed by atoms with Crippen molar-refractivity contribution in [1.82, 2.24) is 4.31 Å². The maximum absolute atomic E-state index is 12.6. The third-order valence-electron chi connectivity index (χ3n) is 3.16. The van der Waals surface area contributed by atoms with Gasteiger partial charge in [-0.3, -0.25) is 0 Å². The van der Waals surface area contributed by atoms with Crippen LogP contribution in [0.5, 0.6) is 0 Å². The minimum absolute atomic E-state index is 0.00393. The predicted octanol–water partition coefficient (Wildman–Crippen LogP) is 2.01. The lowest BCUT2D eigenvalue weighted by Gasteiger charge is -2.30. The number of methoxy groups -OCH3 is 1. The molecule has 1 atom stereocenters. The highest BCUT2D eigenvalue weighted by molar-refractivity contribution is 9.11. The second-order valence-electron chi connectivity index (χ2n) is 4.42. The predicted molar refractivity (Wildman–Crippen MR) is 77.8 cm³/mol. The normalized spacial score (nSPS) is 21.0.